The number of Topliss-reactive ketones (excluding diaryl/α,β-unsaturated/α-hetero) is 1. The van der Waals surface area contributed by atoms with E-state index in [1.165, 1.54) is 0 Å². The van der Waals surface area contributed by atoms with Gasteiger partial charge in [-0.25, -0.2) is 0 Å². The van der Waals surface area contributed by atoms with Crippen LogP contribution in [0, 0.1) is 0 Å². The summed E-state index contributed by atoms with van der Waals surface area (Å²) in [4.78, 5) is 11.5. The van der Waals surface area contributed by atoms with Crippen LogP contribution >= 0.6 is 15.9 Å². The van der Waals surface area contributed by atoms with Gasteiger partial charge in [0, 0.05) is 11.1 Å². The molecule has 0 aliphatic rings. The van der Waals surface area contributed by atoms with E-state index in [1.54, 1.807) is 7.11 Å². The molecule has 2 aromatic rings. The minimum Gasteiger partial charge on any atom is -0.496 e. The van der Waals surface area contributed by atoms with Crippen molar-refractivity contribution < 1.29 is 9.53 Å². The summed E-state index contributed by atoms with van der Waals surface area (Å²) >= 11 is 3.17. The third-order valence-electron chi connectivity index (χ3n) is 2.75. The van der Waals surface area contributed by atoms with Crippen LogP contribution in [-0.2, 0) is 0 Å². The molecule has 0 amide bonds. The van der Waals surface area contributed by atoms with E-state index in [4.69, 9.17) is 4.74 Å². The average Bonchev–Trinajstić information content (AvgIpc) is 2.46. The maximum Gasteiger partial charge on any atom is 0.173 e. The Balaban J connectivity index is 2.37. The van der Waals surface area contributed by atoms with Crippen LogP contribution in [0.5, 0.6) is 5.75 Å². The Labute approximate surface area is 115 Å². The SMILES string of the molecule is COc1ccccc1-c1ccc(C(=O)CBr)cc1. The molecule has 0 saturated heterocycles. The molecule has 0 unspecified atom stereocenters. The minimum atomic E-state index is 0.0848. The number of halogens is 1. The molecule has 0 atom stereocenters. The summed E-state index contributed by atoms with van der Waals surface area (Å²) in [5.41, 5.74) is 2.78. The number of methoxy groups -OCH3 is 1. The summed E-state index contributed by atoms with van der Waals surface area (Å²) in [6.07, 6.45) is 0. The van der Waals surface area contributed by atoms with E-state index < -0.39 is 0 Å². The van der Waals surface area contributed by atoms with Gasteiger partial charge in [-0.1, -0.05) is 58.4 Å². The quantitative estimate of drug-likeness (QED) is 0.632. The van der Waals surface area contributed by atoms with Gasteiger partial charge < -0.3 is 4.74 Å². The molecule has 0 N–H and O–H groups in total. The first-order chi connectivity index (χ1) is 8.76. The van der Waals surface area contributed by atoms with Crippen LogP contribution in [0.1, 0.15) is 10.4 Å². The predicted molar refractivity (Wildman–Crippen MR) is 76.6 cm³/mol. The summed E-state index contributed by atoms with van der Waals surface area (Å²) in [7, 11) is 1.65. The van der Waals surface area contributed by atoms with Crippen LogP contribution in [0.2, 0.25) is 0 Å². The fourth-order valence-electron chi connectivity index (χ4n) is 1.80. The molecule has 2 rings (SSSR count). The topological polar surface area (TPSA) is 26.3 Å². The Kier molecular flexibility index (Phi) is 4.15. The highest BCUT2D eigenvalue weighted by Crippen LogP contribution is 2.29. The number of ketones is 1. The van der Waals surface area contributed by atoms with E-state index in [2.05, 4.69) is 15.9 Å². The van der Waals surface area contributed by atoms with E-state index >= 15 is 0 Å². The third-order valence-corrected chi connectivity index (χ3v) is 3.26. The Morgan fingerprint density at radius 1 is 1.11 bits per heavy atom. The van der Waals surface area contributed by atoms with Gasteiger partial charge >= 0.3 is 0 Å². The Morgan fingerprint density at radius 3 is 2.39 bits per heavy atom. The molecule has 3 heteroatoms. The number of rotatable bonds is 4. The van der Waals surface area contributed by atoms with Crippen molar-refractivity contribution in [3.8, 4) is 16.9 Å². The summed E-state index contributed by atoms with van der Waals surface area (Å²) in [6.45, 7) is 0. The van der Waals surface area contributed by atoms with E-state index in [1.807, 2.05) is 48.5 Å². The lowest BCUT2D eigenvalue weighted by atomic mass is 10.0. The molecular formula is C15H13BrO2. The molecule has 18 heavy (non-hydrogen) atoms. The fourth-order valence-corrected chi connectivity index (χ4v) is 2.12. The first kappa shape index (κ1) is 12.8. The molecule has 0 aromatic heterocycles. The molecule has 0 fully saturated rings. The number of carbonyl (C=O) groups is 1. The molecular weight excluding hydrogens is 292 g/mol. The van der Waals surface area contributed by atoms with Crippen LogP contribution in [0.15, 0.2) is 48.5 Å². The molecule has 2 nitrogen and oxygen atoms in total. The van der Waals surface area contributed by atoms with Gasteiger partial charge in [-0.05, 0) is 11.6 Å². The van der Waals surface area contributed by atoms with Gasteiger partial charge in [0.15, 0.2) is 5.78 Å². The van der Waals surface area contributed by atoms with Gasteiger partial charge in [0.1, 0.15) is 5.75 Å². The van der Waals surface area contributed by atoms with E-state index in [9.17, 15) is 4.79 Å². The lowest BCUT2D eigenvalue weighted by Gasteiger charge is -2.08. The van der Waals surface area contributed by atoms with Crippen LogP contribution in [0.25, 0.3) is 11.1 Å². The highest BCUT2D eigenvalue weighted by atomic mass is 79.9. The number of para-hydroxylation sites is 1. The number of hydrogen-bond donors (Lipinski definition) is 0. The van der Waals surface area contributed by atoms with Crippen molar-refractivity contribution in [2.24, 2.45) is 0 Å². The third kappa shape index (κ3) is 2.62. The summed E-state index contributed by atoms with van der Waals surface area (Å²) in [6, 6.07) is 15.4. The second kappa shape index (κ2) is 5.83. The molecule has 2 aromatic carbocycles. The molecule has 0 aliphatic carbocycles. The predicted octanol–water partition coefficient (Wildman–Crippen LogP) is 3.94. The van der Waals surface area contributed by atoms with Crippen molar-refractivity contribution in [3.63, 3.8) is 0 Å². The largest absolute Gasteiger partial charge is 0.496 e. The fraction of sp³-hybridized carbons (Fsp3) is 0.133. The lowest BCUT2D eigenvalue weighted by molar-refractivity contribution is 0.102. The number of carbonyl (C=O) groups excluding carboxylic acids is 1. The Hall–Kier alpha value is -1.61. The van der Waals surface area contributed by atoms with Crippen LogP contribution in [-0.4, -0.2) is 18.2 Å². The summed E-state index contributed by atoms with van der Waals surface area (Å²) < 4.78 is 5.32. The first-order valence-corrected chi connectivity index (χ1v) is 6.71. The smallest absolute Gasteiger partial charge is 0.173 e. The standard InChI is InChI=1S/C15H13BrO2/c1-18-15-5-3-2-4-13(15)11-6-8-12(9-7-11)14(17)10-16/h2-9H,10H2,1H3. The molecule has 92 valence electrons. The summed E-state index contributed by atoms with van der Waals surface area (Å²) in [5, 5.41) is 0.348. The van der Waals surface area contributed by atoms with Crippen LogP contribution in [0.3, 0.4) is 0 Å². The van der Waals surface area contributed by atoms with Gasteiger partial charge in [-0.15, -0.1) is 0 Å². The minimum absolute atomic E-state index is 0.0848. The van der Waals surface area contributed by atoms with Crippen molar-refractivity contribution in [1.82, 2.24) is 0 Å². The average molecular weight is 305 g/mol. The molecule has 0 radical (unpaired) electrons. The lowest BCUT2D eigenvalue weighted by Crippen LogP contribution is -1.99. The van der Waals surface area contributed by atoms with E-state index in [0.29, 0.717) is 10.9 Å². The Morgan fingerprint density at radius 2 is 1.78 bits per heavy atom. The second-order valence-corrected chi connectivity index (χ2v) is 4.40. The first-order valence-electron chi connectivity index (χ1n) is 5.59. The summed E-state index contributed by atoms with van der Waals surface area (Å²) in [5.74, 6) is 0.915. The maximum absolute atomic E-state index is 11.5. The molecule has 0 heterocycles. The number of ether oxygens (including phenoxy) is 1. The van der Waals surface area contributed by atoms with Crippen molar-refractivity contribution in [3.05, 3.63) is 54.1 Å². The van der Waals surface area contributed by atoms with Crippen molar-refractivity contribution >= 4 is 21.7 Å². The van der Waals surface area contributed by atoms with Crippen molar-refractivity contribution in [2.45, 2.75) is 0 Å². The molecule has 0 spiro atoms. The molecule has 0 bridgehead atoms. The Bertz CT molecular complexity index is 547. The van der Waals surface area contributed by atoms with Crippen molar-refractivity contribution in [2.75, 3.05) is 12.4 Å². The van der Waals surface area contributed by atoms with Crippen LogP contribution in [0.4, 0.5) is 0 Å². The van der Waals surface area contributed by atoms with Crippen LogP contribution < -0.4 is 4.74 Å². The van der Waals surface area contributed by atoms with Gasteiger partial charge in [0.2, 0.25) is 0 Å². The number of alkyl halides is 1. The zero-order chi connectivity index (χ0) is 13.0. The van der Waals surface area contributed by atoms with E-state index in [-0.39, 0.29) is 5.78 Å². The maximum atomic E-state index is 11.5. The van der Waals surface area contributed by atoms with Gasteiger partial charge in [-0.3, -0.25) is 4.79 Å². The van der Waals surface area contributed by atoms with E-state index in [0.717, 1.165) is 16.9 Å². The zero-order valence-corrected chi connectivity index (χ0v) is 11.6. The molecule has 0 aliphatic heterocycles. The van der Waals surface area contributed by atoms with Gasteiger partial charge in [-0.2, -0.15) is 0 Å². The van der Waals surface area contributed by atoms with Crippen molar-refractivity contribution in [1.29, 1.82) is 0 Å². The molecule has 0 saturated carbocycles. The zero-order valence-electron chi connectivity index (χ0n) is 10.0. The highest BCUT2D eigenvalue weighted by molar-refractivity contribution is 9.09. The normalized spacial score (nSPS) is 10.1. The van der Waals surface area contributed by atoms with Gasteiger partial charge in [0.25, 0.3) is 0 Å². The number of hydrogen-bond acceptors (Lipinski definition) is 2. The second-order valence-electron chi connectivity index (χ2n) is 3.83. The highest BCUT2D eigenvalue weighted by Gasteiger charge is 2.07. The van der Waals surface area contributed by atoms with Gasteiger partial charge in [0.05, 0.1) is 12.4 Å². The monoisotopic (exact) mass is 304 g/mol. The number of benzene rings is 2.